The molecule has 0 saturated carbocycles. The van der Waals surface area contributed by atoms with Gasteiger partial charge in [0.25, 0.3) is 0 Å². The molecule has 1 aromatic heterocycles. The number of carbonyl (C=O) groups is 1. The maximum Gasteiger partial charge on any atom is 0.238 e. The minimum absolute atomic E-state index is 0.0873. The van der Waals surface area contributed by atoms with E-state index in [9.17, 15) is 4.79 Å². The van der Waals surface area contributed by atoms with Crippen LogP contribution in [-0.2, 0) is 11.3 Å². The molecular weight excluding hydrogens is 218 g/mol. The lowest BCUT2D eigenvalue weighted by molar-refractivity contribution is -0.115. The van der Waals surface area contributed by atoms with E-state index in [0.29, 0.717) is 12.3 Å². The molecule has 1 amide bonds. The van der Waals surface area contributed by atoms with Crippen molar-refractivity contribution in [2.75, 3.05) is 11.9 Å². The van der Waals surface area contributed by atoms with Crippen LogP contribution in [0.25, 0.3) is 0 Å². The summed E-state index contributed by atoms with van der Waals surface area (Å²) in [6.45, 7) is 0.720. The highest BCUT2D eigenvalue weighted by Crippen LogP contribution is 2.04. The number of para-hydroxylation sites is 1. The highest BCUT2D eigenvalue weighted by Gasteiger charge is 2.02. The molecule has 88 valence electrons. The molecule has 2 N–H and O–H groups in total. The third-order valence-corrected chi connectivity index (χ3v) is 2.13. The van der Waals surface area contributed by atoms with Gasteiger partial charge in [0.05, 0.1) is 19.3 Å². The smallest absolute Gasteiger partial charge is 0.238 e. The van der Waals surface area contributed by atoms with Gasteiger partial charge in [-0.1, -0.05) is 23.4 Å². The van der Waals surface area contributed by atoms with E-state index in [-0.39, 0.29) is 12.5 Å². The number of hydrogen-bond donors (Lipinski definition) is 2. The number of nitrogens with one attached hydrogen (secondary N) is 2. The third kappa shape index (κ3) is 3.73. The van der Waals surface area contributed by atoms with E-state index in [0.717, 1.165) is 5.69 Å². The fraction of sp³-hybridized carbons (Fsp3) is 0.167. The van der Waals surface area contributed by atoms with Crippen LogP contribution in [0, 0.1) is 0 Å². The van der Waals surface area contributed by atoms with E-state index in [1.807, 2.05) is 30.3 Å². The molecule has 17 heavy (non-hydrogen) atoms. The molecule has 2 rings (SSSR count). The molecule has 0 aliphatic heterocycles. The molecule has 0 aliphatic carbocycles. The van der Waals surface area contributed by atoms with Gasteiger partial charge in [-0.15, -0.1) is 0 Å². The summed E-state index contributed by atoms with van der Waals surface area (Å²) in [5.74, 6) is 0.619. The van der Waals surface area contributed by atoms with Crippen LogP contribution < -0.4 is 10.6 Å². The highest BCUT2D eigenvalue weighted by atomic mass is 16.5. The zero-order valence-electron chi connectivity index (χ0n) is 9.22. The molecule has 0 radical (unpaired) electrons. The lowest BCUT2D eigenvalue weighted by atomic mass is 10.3. The van der Waals surface area contributed by atoms with Crippen LogP contribution in [0.1, 0.15) is 5.76 Å². The highest BCUT2D eigenvalue weighted by molar-refractivity contribution is 5.92. The molecule has 0 bridgehead atoms. The lowest BCUT2D eigenvalue weighted by Gasteiger charge is -2.05. The second kappa shape index (κ2) is 5.81. The molecule has 5 nitrogen and oxygen atoms in total. The van der Waals surface area contributed by atoms with Crippen molar-refractivity contribution in [2.24, 2.45) is 0 Å². The number of benzene rings is 1. The minimum atomic E-state index is -0.0873. The first kappa shape index (κ1) is 11.3. The Balaban J connectivity index is 1.71. The zero-order valence-corrected chi connectivity index (χ0v) is 9.22. The average Bonchev–Trinajstić information content (AvgIpc) is 2.83. The lowest BCUT2D eigenvalue weighted by Crippen LogP contribution is -2.27. The first-order chi connectivity index (χ1) is 8.34. The van der Waals surface area contributed by atoms with Crippen LogP contribution in [-0.4, -0.2) is 17.6 Å². The van der Waals surface area contributed by atoms with Crippen molar-refractivity contribution < 1.29 is 9.32 Å². The standard InChI is InChI=1S/C12H13N3O2/c16-12(15-10-4-2-1-3-5-10)9-13-8-11-6-7-14-17-11/h1-7,13H,8-9H2,(H,15,16). The molecule has 1 aromatic carbocycles. The third-order valence-electron chi connectivity index (χ3n) is 2.13. The number of rotatable bonds is 5. The minimum Gasteiger partial charge on any atom is -0.360 e. The van der Waals surface area contributed by atoms with Crippen molar-refractivity contribution in [2.45, 2.75) is 6.54 Å². The fourth-order valence-electron chi connectivity index (χ4n) is 1.36. The largest absolute Gasteiger partial charge is 0.360 e. The first-order valence-electron chi connectivity index (χ1n) is 5.30. The Morgan fingerprint density at radius 2 is 2.06 bits per heavy atom. The number of anilines is 1. The predicted octanol–water partition coefficient (Wildman–Crippen LogP) is 1.40. The van der Waals surface area contributed by atoms with Crippen LogP contribution in [0.15, 0.2) is 47.1 Å². The number of aromatic nitrogens is 1. The first-order valence-corrected chi connectivity index (χ1v) is 5.30. The summed E-state index contributed by atoms with van der Waals surface area (Å²) in [7, 11) is 0. The van der Waals surface area contributed by atoms with E-state index in [2.05, 4.69) is 15.8 Å². The van der Waals surface area contributed by atoms with Gasteiger partial charge in [0, 0.05) is 11.8 Å². The van der Waals surface area contributed by atoms with Gasteiger partial charge >= 0.3 is 0 Å². The SMILES string of the molecule is O=C(CNCc1ccno1)Nc1ccccc1. The molecule has 0 fully saturated rings. The maximum absolute atomic E-state index is 11.5. The molecule has 0 atom stereocenters. The van der Waals surface area contributed by atoms with Crippen molar-refractivity contribution in [3.8, 4) is 0 Å². The Labute approximate surface area is 98.8 Å². The van der Waals surface area contributed by atoms with Gasteiger partial charge in [-0.2, -0.15) is 0 Å². The monoisotopic (exact) mass is 231 g/mol. The summed E-state index contributed by atoms with van der Waals surface area (Å²) >= 11 is 0. The molecule has 2 aromatic rings. The van der Waals surface area contributed by atoms with Crippen LogP contribution in [0.5, 0.6) is 0 Å². The van der Waals surface area contributed by atoms with Crippen LogP contribution in [0.4, 0.5) is 5.69 Å². The summed E-state index contributed by atoms with van der Waals surface area (Å²) in [6.07, 6.45) is 1.57. The number of amides is 1. The Hall–Kier alpha value is -2.14. The maximum atomic E-state index is 11.5. The van der Waals surface area contributed by atoms with Crippen molar-refractivity contribution in [3.63, 3.8) is 0 Å². The van der Waals surface area contributed by atoms with Gasteiger partial charge in [-0.3, -0.25) is 4.79 Å². The summed E-state index contributed by atoms with van der Waals surface area (Å²) in [6, 6.07) is 11.1. The van der Waals surface area contributed by atoms with Crippen LogP contribution in [0.3, 0.4) is 0 Å². The zero-order chi connectivity index (χ0) is 11.9. The van der Waals surface area contributed by atoms with Crippen LogP contribution in [0.2, 0.25) is 0 Å². The van der Waals surface area contributed by atoms with Gasteiger partial charge in [0.1, 0.15) is 5.76 Å². The topological polar surface area (TPSA) is 67.2 Å². The van der Waals surface area contributed by atoms with Gasteiger partial charge < -0.3 is 15.2 Å². The quantitative estimate of drug-likeness (QED) is 0.816. The van der Waals surface area contributed by atoms with E-state index in [1.54, 1.807) is 12.3 Å². The summed E-state index contributed by atoms with van der Waals surface area (Å²) in [5, 5.41) is 9.31. The molecular formula is C12H13N3O2. The van der Waals surface area contributed by atoms with Gasteiger partial charge in [0.15, 0.2) is 0 Å². The second-order valence-corrected chi connectivity index (χ2v) is 3.50. The predicted molar refractivity (Wildman–Crippen MR) is 63.3 cm³/mol. The Bertz CT molecular complexity index is 454. The normalized spacial score (nSPS) is 10.1. The average molecular weight is 231 g/mol. The van der Waals surface area contributed by atoms with Gasteiger partial charge in [-0.05, 0) is 12.1 Å². The van der Waals surface area contributed by atoms with E-state index in [4.69, 9.17) is 4.52 Å². The Morgan fingerprint density at radius 1 is 1.24 bits per heavy atom. The summed E-state index contributed by atoms with van der Waals surface area (Å²) in [5.41, 5.74) is 0.791. The number of hydrogen-bond acceptors (Lipinski definition) is 4. The molecule has 1 heterocycles. The van der Waals surface area contributed by atoms with E-state index in [1.165, 1.54) is 0 Å². The summed E-state index contributed by atoms with van der Waals surface area (Å²) in [4.78, 5) is 11.5. The summed E-state index contributed by atoms with van der Waals surface area (Å²) < 4.78 is 4.89. The number of carbonyl (C=O) groups excluding carboxylic acids is 1. The van der Waals surface area contributed by atoms with E-state index < -0.39 is 0 Å². The number of nitrogens with zero attached hydrogens (tertiary/aromatic N) is 1. The molecule has 0 aliphatic rings. The van der Waals surface area contributed by atoms with Crippen molar-refractivity contribution >= 4 is 11.6 Å². The molecule has 0 spiro atoms. The molecule has 0 unspecified atom stereocenters. The van der Waals surface area contributed by atoms with Crippen molar-refractivity contribution in [3.05, 3.63) is 48.4 Å². The van der Waals surface area contributed by atoms with Crippen molar-refractivity contribution in [1.82, 2.24) is 10.5 Å². The van der Waals surface area contributed by atoms with Gasteiger partial charge in [-0.25, -0.2) is 0 Å². The van der Waals surface area contributed by atoms with Gasteiger partial charge in [0.2, 0.25) is 5.91 Å². The second-order valence-electron chi connectivity index (χ2n) is 3.50. The molecule has 0 saturated heterocycles. The fourth-order valence-corrected chi connectivity index (χ4v) is 1.36. The van der Waals surface area contributed by atoms with Crippen LogP contribution >= 0.6 is 0 Å². The Morgan fingerprint density at radius 3 is 2.76 bits per heavy atom. The molecule has 5 heteroatoms. The van der Waals surface area contributed by atoms with Crippen molar-refractivity contribution in [1.29, 1.82) is 0 Å². The van der Waals surface area contributed by atoms with E-state index >= 15 is 0 Å². The Kier molecular flexibility index (Phi) is 3.88.